The Labute approximate surface area is 151 Å². The number of hydrogen-bond donors (Lipinski definition) is 2. The Balaban J connectivity index is 1.56. The van der Waals surface area contributed by atoms with Gasteiger partial charge in [0.1, 0.15) is 0 Å². The second-order valence-electron chi connectivity index (χ2n) is 6.28. The van der Waals surface area contributed by atoms with E-state index >= 15 is 0 Å². The molecule has 1 heterocycles. The molecule has 132 valence electrons. The van der Waals surface area contributed by atoms with Gasteiger partial charge in [-0.05, 0) is 24.4 Å². The Hall–Kier alpha value is -3.21. The Kier molecular flexibility index (Phi) is 5.27. The van der Waals surface area contributed by atoms with Gasteiger partial charge in [0.2, 0.25) is 5.91 Å². The molecule has 2 N–H and O–H groups in total. The maximum Gasteiger partial charge on any atom is 0.253 e. The minimum absolute atomic E-state index is 0.0660. The Morgan fingerprint density at radius 2 is 1.73 bits per heavy atom. The van der Waals surface area contributed by atoms with Gasteiger partial charge in [-0.1, -0.05) is 48.0 Å². The number of fused-ring (bicyclic) bond motifs is 1. The third-order valence-electron chi connectivity index (χ3n) is 4.26. The lowest BCUT2D eigenvalue weighted by atomic mass is 10.0. The van der Waals surface area contributed by atoms with Crippen LogP contribution in [-0.2, 0) is 11.3 Å². The quantitative estimate of drug-likeness (QED) is 0.672. The Morgan fingerprint density at radius 3 is 2.50 bits per heavy atom. The number of aryl methyl sites for hydroxylation is 1. The molecule has 1 amide bonds. The highest BCUT2D eigenvalue weighted by Crippen LogP contribution is 2.10. The highest BCUT2D eigenvalue weighted by Gasteiger charge is 2.10. The van der Waals surface area contributed by atoms with Crippen LogP contribution in [0.3, 0.4) is 0 Å². The first-order chi connectivity index (χ1) is 12.5. The number of pyridine rings is 1. The minimum Gasteiger partial charge on any atom is -0.352 e. The first kappa shape index (κ1) is 17.6. The van der Waals surface area contributed by atoms with E-state index in [9.17, 15) is 14.4 Å². The zero-order chi connectivity index (χ0) is 18.5. The third kappa shape index (κ3) is 4.25. The minimum atomic E-state index is -0.252. The number of amides is 1. The summed E-state index contributed by atoms with van der Waals surface area (Å²) in [6.45, 7) is 2.09. The van der Waals surface area contributed by atoms with Crippen LogP contribution in [0.5, 0.6) is 0 Å². The molecule has 0 bridgehead atoms. The Morgan fingerprint density at radius 1 is 1.00 bits per heavy atom. The van der Waals surface area contributed by atoms with Crippen LogP contribution in [0.2, 0.25) is 0 Å². The van der Waals surface area contributed by atoms with Crippen molar-refractivity contribution in [1.29, 1.82) is 0 Å². The molecular weight excluding hydrogens is 328 g/mol. The highest BCUT2D eigenvalue weighted by atomic mass is 16.2. The van der Waals surface area contributed by atoms with E-state index < -0.39 is 0 Å². The number of rotatable bonds is 6. The molecule has 5 heteroatoms. The maximum atomic E-state index is 12.1. The van der Waals surface area contributed by atoms with Crippen LogP contribution in [0.15, 0.2) is 59.4 Å². The summed E-state index contributed by atoms with van der Waals surface area (Å²) in [5.74, 6) is -0.318. The molecule has 0 unspecified atom stereocenters. The van der Waals surface area contributed by atoms with Gasteiger partial charge in [0, 0.05) is 36.0 Å². The van der Waals surface area contributed by atoms with Crippen molar-refractivity contribution in [3.05, 3.63) is 81.6 Å². The molecule has 0 atom stereocenters. The van der Waals surface area contributed by atoms with Gasteiger partial charge >= 0.3 is 0 Å². The van der Waals surface area contributed by atoms with Crippen LogP contribution < -0.4 is 10.9 Å². The summed E-state index contributed by atoms with van der Waals surface area (Å²) in [6, 6.07) is 16.5. The number of Topliss-reactive ketones (excluding diaryl/α,β-unsaturated/α-hetero) is 1. The van der Waals surface area contributed by atoms with E-state index in [4.69, 9.17) is 0 Å². The topological polar surface area (TPSA) is 79.0 Å². The zero-order valence-electron chi connectivity index (χ0n) is 14.5. The number of carbonyl (C=O) groups excluding carboxylic acids is 2. The summed E-state index contributed by atoms with van der Waals surface area (Å²) in [5, 5.41) is 3.62. The van der Waals surface area contributed by atoms with Crippen LogP contribution in [0.25, 0.3) is 10.9 Å². The molecule has 2 aromatic carbocycles. The molecule has 0 saturated carbocycles. The van der Waals surface area contributed by atoms with Gasteiger partial charge in [0.05, 0.1) is 0 Å². The molecule has 3 rings (SSSR count). The fourth-order valence-electron chi connectivity index (χ4n) is 2.72. The van der Waals surface area contributed by atoms with E-state index in [1.807, 2.05) is 43.3 Å². The van der Waals surface area contributed by atoms with Gasteiger partial charge in [-0.25, -0.2) is 0 Å². The van der Waals surface area contributed by atoms with Crippen molar-refractivity contribution in [2.45, 2.75) is 26.3 Å². The third-order valence-corrected chi connectivity index (χ3v) is 4.26. The van der Waals surface area contributed by atoms with E-state index in [-0.39, 0.29) is 36.6 Å². The first-order valence-electron chi connectivity index (χ1n) is 8.50. The second-order valence-corrected chi connectivity index (χ2v) is 6.28. The van der Waals surface area contributed by atoms with Gasteiger partial charge < -0.3 is 10.3 Å². The number of H-pyrrole nitrogens is 1. The number of para-hydroxylation sites is 1. The van der Waals surface area contributed by atoms with Gasteiger partial charge in [-0.3, -0.25) is 14.4 Å². The van der Waals surface area contributed by atoms with Crippen LogP contribution in [0, 0.1) is 6.92 Å². The largest absolute Gasteiger partial charge is 0.352 e. The molecule has 0 radical (unpaired) electrons. The van der Waals surface area contributed by atoms with Gasteiger partial charge in [-0.15, -0.1) is 0 Å². The summed E-state index contributed by atoms with van der Waals surface area (Å²) >= 11 is 0. The number of benzene rings is 2. The number of ketones is 1. The van der Waals surface area contributed by atoms with Crippen molar-refractivity contribution in [2.75, 3.05) is 0 Å². The van der Waals surface area contributed by atoms with Crippen molar-refractivity contribution >= 4 is 22.6 Å². The maximum absolute atomic E-state index is 12.1. The predicted molar refractivity (Wildman–Crippen MR) is 101 cm³/mol. The lowest BCUT2D eigenvalue weighted by molar-refractivity contribution is -0.121. The molecule has 5 nitrogen and oxygen atoms in total. The van der Waals surface area contributed by atoms with Crippen molar-refractivity contribution in [3.8, 4) is 0 Å². The standard InChI is InChI=1S/C21H20N2O3/c1-14-6-8-15(9-7-14)19(24)10-11-20(25)22-13-17-12-16-4-2-3-5-18(16)23-21(17)26/h2-9,12H,10-11,13H2,1H3,(H,22,25)(H,23,26). The molecule has 26 heavy (non-hydrogen) atoms. The number of aromatic amines is 1. The zero-order valence-corrected chi connectivity index (χ0v) is 14.5. The van der Waals surface area contributed by atoms with Crippen LogP contribution in [0.4, 0.5) is 0 Å². The highest BCUT2D eigenvalue weighted by molar-refractivity contribution is 5.98. The monoisotopic (exact) mass is 348 g/mol. The molecule has 1 aromatic heterocycles. The molecular formula is C21H20N2O3. The average Bonchev–Trinajstić information content (AvgIpc) is 2.65. The summed E-state index contributed by atoms with van der Waals surface area (Å²) in [5.41, 5.74) is 2.71. The molecule has 0 spiro atoms. The molecule has 0 aliphatic heterocycles. The van der Waals surface area contributed by atoms with Crippen molar-refractivity contribution in [3.63, 3.8) is 0 Å². The molecule has 3 aromatic rings. The lowest BCUT2D eigenvalue weighted by Crippen LogP contribution is -2.27. The van der Waals surface area contributed by atoms with Crippen LogP contribution in [0.1, 0.15) is 34.3 Å². The Bertz CT molecular complexity index is 1000. The molecule has 0 fully saturated rings. The summed E-state index contributed by atoms with van der Waals surface area (Å²) in [6.07, 6.45) is 0.237. The van der Waals surface area contributed by atoms with Crippen LogP contribution >= 0.6 is 0 Å². The summed E-state index contributed by atoms with van der Waals surface area (Å²) < 4.78 is 0. The van der Waals surface area contributed by atoms with E-state index in [2.05, 4.69) is 10.3 Å². The van der Waals surface area contributed by atoms with E-state index in [1.54, 1.807) is 18.2 Å². The second kappa shape index (κ2) is 7.78. The van der Waals surface area contributed by atoms with Gasteiger partial charge in [0.25, 0.3) is 5.56 Å². The molecule has 0 aliphatic carbocycles. The van der Waals surface area contributed by atoms with Crippen molar-refractivity contribution in [2.24, 2.45) is 0 Å². The van der Waals surface area contributed by atoms with E-state index in [1.165, 1.54) is 0 Å². The normalized spacial score (nSPS) is 10.7. The average molecular weight is 348 g/mol. The molecule has 0 aliphatic rings. The van der Waals surface area contributed by atoms with E-state index in [0.29, 0.717) is 11.1 Å². The summed E-state index contributed by atoms with van der Waals surface area (Å²) in [7, 11) is 0. The van der Waals surface area contributed by atoms with Crippen LogP contribution in [-0.4, -0.2) is 16.7 Å². The SMILES string of the molecule is Cc1ccc(C(=O)CCC(=O)NCc2cc3ccccc3[nH]c2=O)cc1. The fourth-order valence-corrected chi connectivity index (χ4v) is 2.72. The lowest BCUT2D eigenvalue weighted by Gasteiger charge is -2.06. The summed E-state index contributed by atoms with van der Waals surface area (Å²) in [4.78, 5) is 39.0. The van der Waals surface area contributed by atoms with Crippen molar-refractivity contribution < 1.29 is 9.59 Å². The molecule has 0 saturated heterocycles. The van der Waals surface area contributed by atoms with E-state index in [0.717, 1.165) is 16.5 Å². The first-order valence-corrected chi connectivity index (χ1v) is 8.50. The number of aromatic nitrogens is 1. The predicted octanol–water partition coefficient (Wildman–Crippen LogP) is 3.12. The number of nitrogens with one attached hydrogen (secondary N) is 2. The smallest absolute Gasteiger partial charge is 0.253 e. The van der Waals surface area contributed by atoms with Gasteiger partial charge in [0.15, 0.2) is 5.78 Å². The van der Waals surface area contributed by atoms with Crippen molar-refractivity contribution in [1.82, 2.24) is 10.3 Å². The van der Waals surface area contributed by atoms with Gasteiger partial charge in [-0.2, -0.15) is 0 Å². The number of hydrogen-bond acceptors (Lipinski definition) is 3. The number of carbonyl (C=O) groups is 2. The fraction of sp³-hybridized carbons (Fsp3) is 0.190.